The fourth-order valence-electron chi connectivity index (χ4n) is 1.25. The summed E-state index contributed by atoms with van der Waals surface area (Å²) in [5.74, 6) is 0. The Morgan fingerprint density at radius 3 is 2.71 bits per heavy atom. The molecule has 0 aliphatic rings. The molecule has 80 valence electrons. The zero-order valence-electron chi connectivity index (χ0n) is 8.20. The van der Waals surface area contributed by atoms with Crippen molar-refractivity contribution >= 4 is 21.4 Å². The van der Waals surface area contributed by atoms with E-state index in [1.54, 1.807) is 13.8 Å². The van der Waals surface area contributed by atoms with Crippen LogP contribution in [0.5, 0.6) is 0 Å². The Morgan fingerprint density at radius 2 is 2.21 bits per heavy atom. The molecule has 0 atom stereocenters. The monoisotopic (exact) mass is 234 g/mol. The van der Waals surface area contributed by atoms with Crippen molar-refractivity contribution in [1.29, 1.82) is 0 Å². The Balaban J connectivity index is 3.23. The van der Waals surface area contributed by atoms with Crippen LogP contribution in [0.4, 0.5) is 0 Å². The topological polar surface area (TPSA) is 72.2 Å². The number of thiophene rings is 1. The van der Waals surface area contributed by atoms with E-state index in [0.717, 1.165) is 5.56 Å². The first kappa shape index (κ1) is 11.6. The summed E-state index contributed by atoms with van der Waals surface area (Å²) < 4.78 is 25.9. The van der Waals surface area contributed by atoms with E-state index < -0.39 is 10.0 Å². The second kappa shape index (κ2) is 4.39. The van der Waals surface area contributed by atoms with Crippen molar-refractivity contribution in [3.8, 4) is 0 Å². The van der Waals surface area contributed by atoms with Crippen molar-refractivity contribution < 1.29 is 8.42 Å². The van der Waals surface area contributed by atoms with Crippen LogP contribution in [0, 0.1) is 6.92 Å². The van der Waals surface area contributed by atoms with Crippen molar-refractivity contribution in [2.24, 2.45) is 5.73 Å². The molecule has 0 radical (unpaired) electrons. The van der Waals surface area contributed by atoms with Crippen LogP contribution in [0.3, 0.4) is 0 Å². The van der Waals surface area contributed by atoms with Crippen LogP contribution < -0.4 is 10.5 Å². The first-order valence-electron chi connectivity index (χ1n) is 4.29. The number of sulfonamides is 1. The molecule has 0 unspecified atom stereocenters. The van der Waals surface area contributed by atoms with Crippen molar-refractivity contribution in [2.45, 2.75) is 25.3 Å². The molecule has 0 spiro atoms. The van der Waals surface area contributed by atoms with Gasteiger partial charge in [0.05, 0.1) is 0 Å². The lowest BCUT2D eigenvalue weighted by Gasteiger charge is -2.05. The molecule has 0 fully saturated rings. The van der Waals surface area contributed by atoms with Gasteiger partial charge in [-0.25, -0.2) is 13.1 Å². The second-order valence-corrected chi connectivity index (χ2v) is 5.54. The van der Waals surface area contributed by atoms with Crippen LogP contribution in [0.2, 0.25) is 0 Å². The minimum absolute atomic E-state index is 0.262. The van der Waals surface area contributed by atoms with Gasteiger partial charge in [-0.1, -0.05) is 6.92 Å². The highest BCUT2D eigenvalue weighted by Gasteiger charge is 2.20. The molecule has 1 aromatic heterocycles. The molecule has 6 heteroatoms. The molecule has 0 bridgehead atoms. The zero-order valence-corrected chi connectivity index (χ0v) is 9.83. The molecule has 3 N–H and O–H groups in total. The Bertz CT molecular complexity index is 409. The number of hydrogen-bond acceptors (Lipinski definition) is 4. The minimum Gasteiger partial charge on any atom is -0.326 e. The maximum atomic E-state index is 11.7. The minimum atomic E-state index is -3.36. The van der Waals surface area contributed by atoms with Crippen molar-refractivity contribution in [2.75, 3.05) is 6.54 Å². The lowest BCUT2D eigenvalue weighted by molar-refractivity contribution is 0.582. The van der Waals surface area contributed by atoms with Gasteiger partial charge in [0.1, 0.15) is 4.90 Å². The number of hydrogen-bond donors (Lipinski definition) is 2. The quantitative estimate of drug-likeness (QED) is 0.810. The summed E-state index contributed by atoms with van der Waals surface area (Å²) in [5, 5.41) is 1.81. The van der Waals surface area contributed by atoms with Gasteiger partial charge in [-0.3, -0.25) is 0 Å². The fraction of sp³-hybridized carbons (Fsp3) is 0.500. The van der Waals surface area contributed by atoms with Gasteiger partial charge in [0, 0.05) is 18.0 Å². The summed E-state index contributed by atoms with van der Waals surface area (Å²) in [4.78, 5) is 1.07. The molecule has 0 saturated carbocycles. The average Bonchev–Trinajstić information content (AvgIpc) is 2.47. The van der Waals surface area contributed by atoms with Gasteiger partial charge in [-0.2, -0.15) is 0 Å². The first-order chi connectivity index (χ1) is 6.53. The van der Waals surface area contributed by atoms with Gasteiger partial charge in [-0.05, 0) is 17.9 Å². The third kappa shape index (κ3) is 2.14. The highest BCUT2D eigenvalue weighted by atomic mass is 32.2. The van der Waals surface area contributed by atoms with E-state index in [-0.39, 0.29) is 6.54 Å². The highest BCUT2D eigenvalue weighted by Crippen LogP contribution is 2.25. The molecule has 1 heterocycles. The number of nitrogens with two attached hydrogens (primary N) is 1. The zero-order chi connectivity index (χ0) is 10.8. The Kier molecular flexibility index (Phi) is 3.65. The predicted octanol–water partition coefficient (Wildman–Crippen LogP) is 0.813. The summed E-state index contributed by atoms with van der Waals surface area (Å²) in [6.07, 6.45) is 0. The van der Waals surface area contributed by atoms with Crippen LogP contribution >= 0.6 is 11.3 Å². The Hall–Kier alpha value is -0.430. The molecule has 1 aromatic rings. The Morgan fingerprint density at radius 1 is 1.57 bits per heavy atom. The molecular formula is C8H14N2O2S2. The molecule has 1 rings (SSSR count). The third-order valence-electron chi connectivity index (χ3n) is 1.78. The van der Waals surface area contributed by atoms with E-state index in [2.05, 4.69) is 4.72 Å². The van der Waals surface area contributed by atoms with Gasteiger partial charge >= 0.3 is 0 Å². The van der Waals surface area contributed by atoms with Gasteiger partial charge < -0.3 is 5.73 Å². The average molecular weight is 234 g/mol. The summed E-state index contributed by atoms with van der Waals surface area (Å²) in [6.45, 7) is 4.18. The molecule has 0 saturated heterocycles. The number of nitrogens with one attached hydrogen (secondary N) is 1. The standard InChI is InChI=1S/C8H14N2O2S2/c1-3-10-14(11,12)8-6(2)5-13-7(8)4-9/h5,10H,3-4,9H2,1-2H3. The van der Waals surface area contributed by atoms with Crippen LogP contribution in [-0.4, -0.2) is 15.0 Å². The second-order valence-electron chi connectivity index (χ2n) is 2.88. The maximum absolute atomic E-state index is 11.7. The highest BCUT2D eigenvalue weighted by molar-refractivity contribution is 7.89. The SMILES string of the molecule is CCNS(=O)(=O)c1c(C)csc1CN. The van der Waals surface area contributed by atoms with E-state index >= 15 is 0 Å². The van der Waals surface area contributed by atoms with Gasteiger partial charge in [0.15, 0.2) is 0 Å². The van der Waals surface area contributed by atoms with Crippen LogP contribution in [0.15, 0.2) is 10.3 Å². The van der Waals surface area contributed by atoms with Crippen LogP contribution in [0.25, 0.3) is 0 Å². The molecule has 0 aliphatic carbocycles. The van der Waals surface area contributed by atoms with Gasteiger partial charge in [0.2, 0.25) is 10.0 Å². The Labute approximate surface area is 88.2 Å². The van der Waals surface area contributed by atoms with E-state index in [4.69, 9.17) is 5.73 Å². The summed E-state index contributed by atoms with van der Waals surface area (Å²) in [7, 11) is -3.36. The fourth-order valence-corrected chi connectivity index (χ4v) is 3.99. The van der Waals surface area contributed by atoms with Crippen molar-refractivity contribution in [1.82, 2.24) is 4.72 Å². The molecule has 0 aromatic carbocycles. The van der Waals surface area contributed by atoms with Crippen molar-refractivity contribution in [3.63, 3.8) is 0 Å². The molecule has 14 heavy (non-hydrogen) atoms. The molecule has 0 aliphatic heterocycles. The van der Waals surface area contributed by atoms with E-state index in [9.17, 15) is 8.42 Å². The molecule has 4 nitrogen and oxygen atoms in total. The van der Waals surface area contributed by atoms with Crippen LogP contribution in [-0.2, 0) is 16.6 Å². The summed E-state index contributed by atoms with van der Waals surface area (Å²) in [6, 6.07) is 0. The predicted molar refractivity (Wildman–Crippen MR) is 57.8 cm³/mol. The van der Waals surface area contributed by atoms with Gasteiger partial charge in [0.25, 0.3) is 0 Å². The first-order valence-corrected chi connectivity index (χ1v) is 6.66. The lowest BCUT2D eigenvalue weighted by Crippen LogP contribution is -2.24. The largest absolute Gasteiger partial charge is 0.326 e. The number of aryl methyl sites for hydroxylation is 1. The van der Waals surface area contributed by atoms with Crippen LogP contribution in [0.1, 0.15) is 17.4 Å². The third-order valence-corrected chi connectivity index (χ3v) is 4.81. The summed E-state index contributed by atoms with van der Waals surface area (Å²) >= 11 is 1.38. The van der Waals surface area contributed by atoms with E-state index in [1.165, 1.54) is 11.3 Å². The lowest BCUT2D eigenvalue weighted by atomic mass is 10.3. The van der Waals surface area contributed by atoms with Crippen molar-refractivity contribution in [3.05, 3.63) is 15.8 Å². The smallest absolute Gasteiger partial charge is 0.241 e. The molecule has 0 amide bonds. The molecular weight excluding hydrogens is 220 g/mol. The van der Waals surface area contributed by atoms with E-state index in [1.807, 2.05) is 5.38 Å². The van der Waals surface area contributed by atoms with E-state index in [0.29, 0.717) is 16.3 Å². The normalized spacial score (nSPS) is 11.9. The number of rotatable bonds is 4. The maximum Gasteiger partial charge on any atom is 0.241 e. The summed E-state index contributed by atoms with van der Waals surface area (Å²) in [5.41, 5.74) is 6.24. The van der Waals surface area contributed by atoms with Gasteiger partial charge in [-0.15, -0.1) is 11.3 Å².